The van der Waals surface area contributed by atoms with Gasteiger partial charge in [0.1, 0.15) is 0 Å². The fraction of sp³-hybridized carbons (Fsp3) is 0. The summed E-state index contributed by atoms with van der Waals surface area (Å²) in [5, 5.41) is 0. The molecule has 21 heteroatoms. The third-order valence-corrected chi connectivity index (χ3v) is 0. The number of rotatable bonds is 0. The van der Waals surface area contributed by atoms with Crippen LogP contribution in [0.3, 0.4) is 0 Å². The van der Waals surface area contributed by atoms with Crippen LogP contribution in [0.4, 0.5) is 0 Å². The first-order valence-electron chi connectivity index (χ1n) is 0. The van der Waals surface area contributed by atoms with Crippen molar-refractivity contribution in [2.24, 2.45) is 0 Å². The van der Waals surface area contributed by atoms with E-state index in [4.69, 9.17) is 0 Å². The van der Waals surface area contributed by atoms with Gasteiger partial charge in [0.2, 0.25) is 0 Å². The Kier molecular flexibility index (Phi) is 1460. The van der Waals surface area contributed by atoms with Crippen LogP contribution in [-0.4, -0.2) is 101 Å². The first-order chi connectivity index (χ1) is 0. The van der Waals surface area contributed by atoms with Crippen LogP contribution in [0, 0.1) is 0 Å². The van der Waals surface area contributed by atoms with Gasteiger partial charge in [-0.1, -0.05) is 0 Å². The van der Waals surface area contributed by atoms with Gasteiger partial charge in [-0.25, -0.2) is 0 Å². The molecule has 0 aliphatic rings. The molecule has 0 nitrogen and oxygen atoms in total. The second-order valence-electron chi connectivity index (χ2n) is 0. The summed E-state index contributed by atoms with van der Waals surface area (Å²) in [4.78, 5) is 0. The number of hydrogen-bond donors (Lipinski definition) is 0. The molecule has 0 heterocycles. The van der Waals surface area contributed by atoms with Gasteiger partial charge < -0.3 is 0 Å². The van der Waals surface area contributed by atoms with E-state index in [1.165, 1.54) is 0 Å². The first kappa shape index (κ1) is 182. The summed E-state index contributed by atoms with van der Waals surface area (Å²) in [6.45, 7) is 0. The molecular formula is H4BeCsGaGeHfInIrLiNbOsPdRbReRhRuTaTiTlVWZr+31. The molecule has 0 N–H and O–H groups in total. The van der Waals surface area contributed by atoms with E-state index >= 15 is 0 Å². The summed E-state index contributed by atoms with van der Waals surface area (Å²) in [5.41, 5.74) is 0. The van der Waals surface area contributed by atoms with Crippen LogP contribution in [0.2, 0.25) is 0 Å². The van der Waals surface area contributed by atoms with Crippen LogP contribution in [0.25, 0.3) is 0 Å². The largest absolute Gasteiger partial charge is 4.00 e. The van der Waals surface area contributed by atoms with Crippen LogP contribution >= 0.6 is 0 Å². The standard InChI is InChI=1S/Be.Cs.Ga.GeH4.Hf.In.Ir.Li.Nb.Os.Pd.Rb.Re.Rh.Ru.Ta.Ti.Tl.V.W.Zr/h;;;1H4;;;;;;;;;;;;;;;;;/q+2;+1;+3;;+4;+3;;+1;+2;;+2;+1;;+3;;;+4;+1;;;+4. The molecule has 21 heavy (non-hydrogen) atoms. The molecule has 0 unspecified atom stereocenters. The molecule has 75 valence electrons. The third-order valence-electron chi connectivity index (χ3n) is 0. The van der Waals surface area contributed by atoms with E-state index < -0.39 is 0 Å². The minimum absolute atomic E-state index is 0. The quantitative estimate of drug-likeness (QED) is 0.212. The Labute approximate surface area is 507 Å². The first-order valence-corrected chi connectivity index (χ1v) is 0. The summed E-state index contributed by atoms with van der Waals surface area (Å²) in [5.74, 6) is 0. The van der Waals surface area contributed by atoms with Gasteiger partial charge in [-0.2, -0.15) is 0 Å². The molecule has 0 aromatic rings. The van der Waals surface area contributed by atoms with Gasteiger partial charge in [0.25, 0.3) is 0 Å². The molecule has 0 atom stereocenters. The average Bonchev–Trinajstić information content (AvgIpc) is 0. The van der Waals surface area contributed by atoms with Crippen LogP contribution in [0.5, 0.6) is 0 Å². The normalized spacial score (nSPS) is 0. The van der Waals surface area contributed by atoms with Gasteiger partial charge in [0.05, 0.1) is 0 Å². The van der Waals surface area contributed by atoms with Crippen LogP contribution < -0.4 is 146 Å². The molecule has 0 aliphatic heterocycles. The van der Waals surface area contributed by atoms with Crippen molar-refractivity contribution in [2.45, 2.75) is 0 Å². The Balaban J connectivity index is 0. The minimum atomic E-state index is 0. The Bertz CT molecular complexity index is 92.2. The zero-order valence-corrected chi connectivity index (χ0v) is 62.1. The van der Waals surface area contributed by atoms with Crippen molar-refractivity contribution in [3.8, 4) is 0 Å². The molecule has 0 aromatic heterocycles. The molecule has 0 fully saturated rings. The van der Waals surface area contributed by atoms with Crippen LogP contribution in [0.15, 0.2) is 0 Å². The monoisotopic (exact) mass is 2410 g/mol. The average molecular weight is 2410 g/mol. The third kappa shape index (κ3) is 159. The van der Waals surface area contributed by atoms with Crippen molar-refractivity contribution in [1.29, 1.82) is 0 Å². The van der Waals surface area contributed by atoms with Gasteiger partial charge >= 0.3 is 383 Å². The molecular weight excluding hydrogens is 2400 g/mol. The van der Waals surface area contributed by atoms with Gasteiger partial charge in [-0.3, -0.25) is 0 Å². The smallest absolute Gasteiger partial charge is 0 e. The van der Waals surface area contributed by atoms with Crippen molar-refractivity contribution >= 4 is 101 Å². The van der Waals surface area contributed by atoms with E-state index in [1.54, 1.807) is 0 Å². The van der Waals surface area contributed by atoms with Crippen molar-refractivity contribution < 1.29 is 424 Å². The fourth-order valence-corrected chi connectivity index (χ4v) is 0. The zero-order chi connectivity index (χ0) is 0. The van der Waals surface area contributed by atoms with Gasteiger partial charge in [-0.15, -0.1) is 0 Å². The summed E-state index contributed by atoms with van der Waals surface area (Å²) < 4.78 is 0. The zero-order valence-electron chi connectivity index (χ0n) is 10.8. The maximum absolute atomic E-state index is 0. The van der Waals surface area contributed by atoms with Crippen molar-refractivity contribution in [3.05, 3.63) is 0 Å². The Morgan fingerprint density at radius 3 is 1.00 bits per heavy atom. The second-order valence-corrected chi connectivity index (χ2v) is 0. The molecule has 0 rings (SSSR count). The molecule has 0 saturated heterocycles. The topological polar surface area (TPSA) is 0 Å². The fourth-order valence-electron chi connectivity index (χ4n) is 0. The van der Waals surface area contributed by atoms with Gasteiger partial charge in [-0.05, 0) is 0 Å². The molecule has 5 radical (unpaired) electrons. The Hall–Kier alpha value is 16.7. The maximum atomic E-state index is 0. The molecule has 0 aromatic carbocycles. The summed E-state index contributed by atoms with van der Waals surface area (Å²) in [7, 11) is 0. The van der Waals surface area contributed by atoms with E-state index in [2.05, 4.69) is 0 Å². The van der Waals surface area contributed by atoms with E-state index in [1.807, 2.05) is 0 Å². The van der Waals surface area contributed by atoms with Crippen molar-refractivity contribution in [2.75, 3.05) is 0 Å². The van der Waals surface area contributed by atoms with E-state index in [0.717, 1.165) is 0 Å². The molecule has 0 spiro atoms. The predicted octanol–water partition coefficient (Wildman–Crippen LogP) is -12.0. The van der Waals surface area contributed by atoms with E-state index in [9.17, 15) is 0 Å². The predicted molar refractivity (Wildman–Crippen MR) is 34.4 cm³/mol. The molecule has 0 saturated carbocycles. The summed E-state index contributed by atoms with van der Waals surface area (Å²) in [6.07, 6.45) is 0. The van der Waals surface area contributed by atoms with Crippen molar-refractivity contribution in [3.63, 3.8) is 0 Å². The maximum Gasteiger partial charge on any atom is 4.00 e. The number of hydrogen-bond acceptors (Lipinski definition) is 0. The SMILES string of the molecule is [Be+2].[Cs+].[Ga+3].[GeH4].[Hf+4].[In+3].[Ir].[Li+].[Nb+2].[Os].[Pd+2].[Rb+].[Re].[Rh+3].[Ru].[Ta].[Ti+4].[Tl+].[V].[W].[Zr+4]. The molecule has 0 bridgehead atoms. The summed E-state index contributed by atoms with van der Waals surface area (Å²) >= 11 is 0. The van der Waals surface area contributed by atoms with E-state index in [0.29, 0.717) is 0 Å². The van der Waals surface area contributed by atoms with Crippen LogP contribution in [-0.2, 0) is 278 Å². The Morgan fingerprint density at radius 2 is 1.00 bits per heavy atom. The minimum Gasteiger partial charge on any atom is 0 e. The Morgan fingerprint density at radius 1 is 1.00 bits per heavy atom. The van der Waals surface area contributed by atoms with Crippen LogP contribution in [0.1, 0.15) is 0 Å². The molecule has 0 amide bonds. The van der Waals surface area contributed by atoms with Gasteiger partial charge in [0, 0.05) is 142 Å². The van der Waals surface area contributed by atoms with Crippen molar-refractivity contribution in [1.82, 2.24) is 0 Å². The second kappa shape index (κ2) is 168. The van der Waals surface area contributed by atoms with Gasteiger partial charge in [0.15, 0.2) is 0 Å². The van der Waals surface area contributed by atoms with E-state index in [-0.39, 0.29) is 524 Å². The summed E-state index contributed by atoms with van der Waals surface area (Å²) in [6, 6.07) is 0. The molecule has 0 aliphatic carbocycles.